The van der Waals surface area contributed by atoms with Gasteiger partial charge >= 0.3 is 0 Å². The number of phenolic OH excluding ortho intramolecular Hbond substituents is 1. The maximum absolute atomic E-state index is 12.6. The molecule has 2 N–H and O–H groups in total. The van der Waals surface area contributed by atoms with E-state index in [1.165, 1.54) is 0 Å². The molecule has 124 valence electrons. The fourth-order valence-electron chi connectivity index (χ4n) is 2.67. The minimum absolute atomic E-state index is 0.147. The van der Waals surface area contributed by atoms with Crippen molar-refractivity contribution in [1.29, 1.82) is 0 Å². The lowest BCUT2D eigenvalue weighted by molar-refractivity contribution is -0.872. The van der Waals surface area contributed by atoms with Crippen LogP contribution >= 0.6 is 0 Å². The summed E-state index contributed by atoms with van der Waals surface area (Å²) in [4.78, 5) is 13.7. The standard InChI is InChI=1S/C19H19NO4/c1-20(2)11-15-16(21)9-8-14-18(22)17(24-19(14)15)10-12-4-6-13(23-3)7-5-12/h4-10,21H,11H2,1-3H3/p+1. The van der Waals surface area contributed by atoms with Crippen LogP contribution in [0.25, 0.3) is 6.08 Å². The van der Waals surface area contributed by atoms with Gasteiger partial charge in [-0.05, 0) is 35.9 Å². The molecule has 0 aliphatic carbocycles. The van der Waals surface area contributed by atoms with E-state index in [-0.39, 0.29) is 17.3 Å². The highest BCUT2D eigenvalue weighted by molar-refractivity contribution is 6.14. The van der Waals surface area contributed by atoms with E-state index in [1.807, 2.05) is 38.4 Å². The topological polar surface area (TPSA) is 60.2 Å². The third-order valence-corrected chi connectivity index (χ3v) is 3.86. The molecule has 0 atom stereocenters. The van der Waals surface area contributed by atoms with Gasteiger partial charge in [-0.25, -0.2) is 0 Å². The molecule has 0 fully saturated rings. The Morgan fingerprint density at radius 2 is 1.88 bits per heavy atom. The zero-order chi connectivity index (χ0) is 17.3. The molecule has 5 nitrogen and oxygen atoms in total. The Morgan fingerprint density at radius 3 is 2.50 bits per heavy atom. The van der Waals surface area contributed by atoms with E-state index in [0.29, 0.717) is 23.4 Å². The maximum Gasteiger partial charge on any atom is 0.231 e. The van der Waals surface area contributed by atoms with Crippen LogP contribution in [-0.4, -0.2) is 32.1 Å². The van der Waals surface area contributed by atoms with E-state index >= 15 is 0 Å². The van der Waals surface area contributed by atoms with Crippen LogP contribution in [0.5, 0.6) is 17.2 Å². The second kappa shape index (κ2) is 6.37. The minimum atomic E-state index is -0.171. The number of quaternary nitrogens is 1. The maximum atomic E-state index is 12.6. The number of carbonyl (C=O) groups is 1. The zero-order valence-corrected chi connectivity index (χ0v) is 13.9. The molecule has 0 aromatic heterocycles. The SMILES string of the molecule is COc1ccc(C=C2Oc3c(ccc(O)c3C[NH+](C)C)C2=O)cc1. The van der Waals surface area contributed by atoms with Crippen molar-refractivity contribution in [2.75, 3.05) is 21.2 Å². The van der Waals surface area contributed by atoms with Crippen LogP contribution in [-0.2, 0) is 6.54 Å². The van der Waals surface area contributed by atoms with Gasteiger partial charge in [0.15, 0.2) is 11.5 Å². The number of aromatic hydroxyl groups is 1. The van der Waals surface area contributed by atoms with Crippen molar-refractivity contribution in [2.24, 2.45) is 0 Å². The molecule has 0 radical (unpaired) electrons. The molecule has 3 rings (SSSR count). The molecule has 0 saturated heterocycles. The van der Waals surface area contributed by atoms with Crippen molar-refractivity contribution in [1.82, 2.24) is 0 Å². The molecule has 0 amide bonds. The van der Waals surface area contributed by atoms with Crippen LogP contribution in [0.4, 0.5) is 0 Å². The Bertz CT molecular complexity index is 807. The average Bonchev–Trinajstić information content (AvgIpc) is 2.87. The second-order valence-electron chi connectivity index (χ2n) is 6.04. The van der Waals surface area contributed by atoms with E-state index < -0.39 is 0 Å². The fraction of sp³-hybridized carbons (Fsp3) is 0.211. The number of fused-ring (bicyclic) bond motifs is 1. The third kappa shape index (κ3) is 2.98. The fourth-order valence-corrected chi connectivity index (χ4v) is 2.67. The summed E-state index contributed by atoms with van der Waals surface area (Å²) in [6.45, 7) is 0.568. The number of hydrogen-bond acceptors (Lipinski definition) is 4. The quantitative estimate of drug-likeness (QED) is 0.839. The number of allylic oxidation sites excluding steroid dienone is 1. The zero-order valence-electron chi connectivity index (χ0n) is 13.9. The van der Waals surface area contributed by atoms with E-state index in [0.717, 1.165) is 16.2 Å². The van der Waals surface area contributed by atoms with Crippen LogP contribution in [0, 0.1) is 0 Å². The Labute approximate surface area is 140 Å². The number of nitrogens with one attached hydrogen (secondary N) is 1. The Balaban J connectivity index is 1.96. The highest BCUT2D eigenvalue weighted by Crippen LogP contribution is 2.39. The van der Waals surface area contributed by atoms with Crippen molar-refractivity contribution in [3.63, 3.8) is 0 Å². The number of hydrogen-bond donors (Lipinski definition) is 2. The molecule has 2 aromatic carbocycles. The van der Waals surface area contributed by atoms with E-state index in [2.05, 4.69) is 0 Å². The predicted molar refractivity (Wildman–Crippen MR) is 90.6 cm³/mol. The summed E-state index contributed by atoms with van der Waals surface area (Å²) < 4.78 is 10.9. The Morgan fingerprint density at radius 1 is 1.17 bits per heavy atom. The first-order chi connectivity index (χ1) is 11.5. The highest BCUT2D eigenvalue weighted by atomic mass is 16.5. The van der Waals surface area contributed by atoms with Gasteiger partial charge in [0.2, 0.25) is 5.78 Å². The highest BCUT2D eigenvalue weighted by Gasteiger charge is 2.31. The number of methoxy groups -OCH3 is 1. The minimum Gasteiger partial charge on any atom is -0.507 e. The predicted octanol–water partition coefficient (Wildman–Crippen LogP) is 1.66. The molecule has 24 heavy (non-hydrogen) atoms. The lowest BCUT2D eigenvalue weighted by atomic mass is 10.0. The number of phenols is 1. The number of ketones is 1. The summed E-state index contributed by atoms with van der Waals surface area (Å²) in [6.07, 6.45) is 1.70. The summed E-state index contributed by atoms with van der Waals surface area (Å²) in [5, 5.41) is 10.1. The van der Waals surface area contributed by atoms with Crippen molar-refractivity contribution >= 4 is 11.9 Å². The first-order valence-corrected chi connectivity index (χ1v) is 7.71. The van der Waals surface area contributed by atoms with Crippen molar-refractivity contribution < 1.29 is 24.3 Å². The average molecular weight is 326 g/mol. The molecule has 0 spiro atoms. The number of benzene rings is 2. The van der Waals surface area contributed by atoms with E-state index in [1.54, 1.807) is 25.3 Å². The summed E-state index contributed by atoms with van der Waals surface area (Å²) >= 11 is 0. The van der Waals surface area contributed by atoms with Gasteiger partial charge in [-0.2, -0.15) is 0 Å². The Hall–Kier alpha value is -2.79. The number of Topliss-reactive ketones (excluding diaryl/α,β-unsaturated/α-hetero) is 1. The first-order valence-electron chi connectivity index (χ1n) is 7.71. The smallest absolute Gasteiger partial charge is 0.231 e. The van der Waals surface area contributed by atoms with Gasteiger partial charge in [-0.3, -0.25) is 4.79 Å². The molecule has 0 unspecified atom stereocenters. The molecule has 2 aromatic rings. The van der Waals surface area contributed by atoms with Gasteiger partial charge in [0.05, 0.1) is 32.3 Å². The monoisotopic (exact) mass is 326 g/mol. The molecule has 1 heterocycles. The van der Waals surface area contributed by atoms with Gasteiger partial charge in [-0.1, -0.05) is 12.1 Å². The van der Waals surface area contributed by atoms with Crippen molar-refractivity contribution in [3.8, 4) is 17.2 Å². The Kier molecular flexibility index (Phi) is 4.27. The molecule has 1 aliphatic heterocycles. The molecule has 0 bridgehead atoms. The molecule has 5 heteroatoms. The third-order valence-electron chi connectivity index (χ3n) is 3.86. The lowest BCUT2D eigenvalue weighted by Crippen LogP contribution is -3.04. The summed E-state index contributed by atoms with van der Waals surface area (Å²) in [5.74, 6) is 1.45. The molecular weight excluding hydrogens is 306 g/mol. The first kappa shape index (κ1) is 16.1. The van der Waals surface area contributed by atoms with Crippen molar-refractivity contribution in [3.05, 3.63) is 58.8 Å². The van der Waals surface area contributed by atoms with Crippen LogP contribution in [0.1, 0.15) is 21.5 Å². The molecular formula is C19H20NO4+. The van der Waals surface area contributed by atoms with Crippen LogP contribution in [0.3, 0.4) is 0 Å². The van der Waals surface area contributed by atoms with Gasteiger partial charge in [-0.15, -0.1) is 0 Å². The summed E-state index contributed by atoms with van der Waals surface area (Å²) in [7, 11) is 5.56. The largest absolute Gasteiger partial charge is 0.507 e. The second-order valence-corrected chi connectivity index (χ2v) is 6.04. The van der Waals surface area contributed by atoms with Gasteiger partial charge in [0.1, 0.15) is 18.0 Å². The van der Waals surface area contributed by atoms with Gasteiger partial charge < -0.3 is 19.5 Å². The lowest BCUT2D eigenvalue weighted by Gasteiger charge is -2.12. The van der Waals surface area contributed by atoms with Gasteiger partial charge in [0.25, 0.3) is 0 Å². The van der Waals surface area contributed by atoms with E-state index in [4.69, 9.17) is 9.47 Å². The normalized spacial score (nSPS) is 14.8. The molecule has 0 saturated carbocycles. The van der Waals surface area contributed by atoms with Crippen LogP contribution < -0.4 is 14.4 Å². The number of rotatable bonds is 4. The summed E-state index contributed by atoms with van der Waals surface area (Å²) in [6, 6.07) is 10.5. The van der Waals surface area contributed by atoms with Gasteiger partial charge in [0, 0.05) is 0 Å². The van der Waals surface area contributed by atoms with Crippen LogP contribution in [0.15, 0.2) is 42.2 Å². The summed E-state index contributed by atoms with van der Waals surface area (Å²) in [5.41, 5.74) is 1.98. The van der Waals surface area contributed by atoms with E-state index in [9.17, 15) is 9.90 Å². The van der Waals surface area contributed by atoms with Crippen LogP contribution in [0.2, 0.25) is 0 Å². The molecule has 1 aliphatic rings. The van der Waals surface area contributed by atoms with Crippen molar-refractivity contribution in [2.45, 2.75) is 6.54 Å². The number of ether oxygens (including phenoxy) is 2. The number of carbonyl (C=O) groups excluding carboxylic acids is 1.